The topological polar surface area (TPSA) is 55.8 Å². The van der Waals surface area contributed by atoms with Crippen molar-refractivity contribution in [2.24, 2.45) is 10.8 Å². The summed E-state index contributed by atoms with van der Waals surface area (Å²) >= 11 is 0. The van der Waals surface area contributed by atoms with Crippen molar-refractivity contribution >= 4 is 5.78 Å². The number of benzene rings is 1. The number of hydrogen-bond acceptors (Lipinski definition) is 4. The summed E-state index contributed by atoms with van der Waals surface area (Å²) in [4.78, 5) is 13.1. The van der Waals surface area contributed by atoms with Gasteiger partial charge in [-0.15, -0.1) is 0 Å². The molecule has 2 fully saturated rings. The molecule has 0 bridgehead atoms. The zero-order chi connectivity index (χ0) is 15.8. The molecule has 1 aliphatic heterocycles. The van der Waals surface area contributed by atoms with Crippen molar-refractivity contribution in [1.29, 1.82) is 0 Å². The number of Topliss-reactive ketones (excluding diaryl/α,β-unsaturated/α-hetero) is 1. The first-order valence-corrected chi connectivity index (χ1v) is 7.89. The minimum atomic E-state index is -0.699. The third-order valence-corrected chi connectivity index (χ3v) is 5.13. The second-order valence-corrected chi connectivity index (χ2v) is 7.19. The number of rotatable bonds is 3. The molecule has 0 radical (unpaired) electrons. The van der Waals surface area contributed by atoms with E-state index in [2.05, 4.69) is 0 Å². The lowest BCUT2D eigenvalue weighted by molar-refractivity contribution is -0.278. The summed E-state index contributed by atoms with van der Waals surface area (Å²) in [6, 6.07) is 9.90. The maximum atomic E-state index is 13.1. The lowest BCUT2D eigenvalue weighted by Crippen LogP contribution is -2.51. The quantitative estimate of drug-likeness (QED) is 0.931. The summed E-state index contributed by atoms with van der Waals surface area (Å²) in [5.41, 5.74) is -0.206. The molecule has 1 heterocycles. The maximum absolute atomic E-state index is 13.1. The van der Waals surface area contributed by atoms with E-state index in [-0.39, 0.29) is 12.4 Å². The molecule has 22 heavy (non-hydrogen) atoms. The molecule has 1 unspecified atom stereocenters. The Kier molecular flexibility index (Phi) is 3.87. The third-order valence-electron chi connectivity index (χ3n) is 5.13. The normalized spacial score (nSPS) is 29.9. The molecular formula is C18H24O4. The van der Waals surface area contributed by atoms with Crippen molar-refractivity contribution in [1.82, 2.24) is 0 Å². The number of carbonyl (C=O) groups excluding carboxylic acids is 1. The van der Waals surface area contributed by atoms with Gasteiger partial charge in [0, 0.05) is 0 Å². The molecule has 120 valence electrons. The average Bonchev–Trinajstić information content (AvgIpc) is 2.78. The molecule has 3 rings (SSSR count). The van der Waals surface area contributed by atoms with Gasteiger partial charge in [0.2, 0.25) is 0 Å². The van der Waals surface area contributed by atoms with Gasteiger partial charge in [0.1, 0.15) is 0 Å². The number of hydrogen-bond donors (Lipinski definition) is 1. The molecule has 0 amide bonds. The molecule has 1 spiro atoms. The van der Waals surface area contributed by atoms with Crippen LogP contribution in [0.5, 0.6) is 0 Å². The van der Waals surface area contributed by atoms with Crippen LogP contribution in [-0.4, -0.2) is 36.5 Å². The number of ether oxygens (including phenoxy) is 2. The van der Waals surface area contributed by atoms with Gasteiger partial charge in [0.15, 0.2) is 11.6 Å². The van der Waals surface area contributed by atoms with Gasteiger partial charge in [0.25, 0.3) is 0 Å². The van der Waals surface area contributed by atoms with Crippen LogP contribution in [0.3, 0.4) is 0 Å². The smallest absolute Gasteiger partial charge is 0.162 e. The van der Waals surface area contributed by atoms with Crippen LogP contribution in [0.2, 0.25) is 0 Å². The molecular weight excluding hydrogens is 280 g/mol. The van der Waals surface area contributed by atoms with Crippen LogP contribution in [-0.2, 0) is 20.7 Å². The van der Waals surface area contributed by atoms with Crippen LogP contribution in [0, 0.1) is 10.8 Å². The van der Waals surface area contributed by atoms with Crippen LogP contribution in [0.4, 0.5) is 0 Å². The van der Waals surface area contributed by atoms with E-state index in [0.29, 0.717) is 26.1 Å². The lowest BCUT2D eigenvalue weighted by Gasteiger charge is -2.41. The first-order chi connectivity index (χ1) is 10.4. The zero-order valence-electron chi connectivity index (χ0n) is 13.3. The summed E-state index contributed by atoms with van der Waals surface area (Å²) in [5.74, 6) is -0.531. The third kappa shape index (κ3) is 2.60. The monoisotopic (exact) mass is 304 g/mol. The number of ketones is 1. The van der Waals surface area contributed by atoms with Crippen LogP contribution < -0.4 is 0 Å². The molecule has 1 N–H and O–H groups in total. The lowest BCUT2D eigenvalue weighted by atomic mass is 9.75. The SMILES string of the molecule is CC1(C)OCC2(CCC(CO)(Cc3ccccc3)C2=O)CO1. The summed E-state index contributed by atoms with van der Waals surface area (Å²) in [7, 11) is 0. The summed E-state index contributed by atoms with van der Waals surface area (Å²) in [6.07, 6.45) is 1.98. The van der Waals surface area contributed by atoms with Crippen molar-refractivity contribution in [3.63, 3.8) is 0 Å². The van der Waals surface area contributed by atoms with Crippen LogP contribution in [0.1, 0.15) is 32.3 Å². The van der Waals surface area contributed by atoms with E-state index in [0.717, 1.165) is 12.0 Å². The molecule has 4 nitrogen and oxygen atoms in total. The minimum absolute atomic E-state index is 0.0989. The largest absolute Gasteiger partial charge is 0.395 e. The van der Waals surface area contributed by atoms with Gasteiger partial charge in [-0.3, -0.25) is 4.79 Å². The van der Waals surface area contributed by atoms with E-state index in [1.54, 1.807) is 0 Å². The molecule has 1 saturated carbocycles. The second kappa shape index (κ2) is 5.44. The maximum Gasteiger partial charge on any atom is 0.162 e. The minimum Gasteiger partial charge on any atom is -0.395 e. The molecule has 1 aromatic rings. The highest BCUT2D eigenvalue weighted by Crippen LogP contribution is 2.50. The summed E-state index contributed by atoms with van der Waals surface area (Å²) in [6.45, 7) is 4.38. The van der Waals surface area contributed by atoms with Crippen molar-refractivity contribution in [3.05, 3.63) is 35.9 Å². The summed E-state index contributed by atoms with van der Waals surface area (Å²) < 4.78 is 11.5. The fourth-order valence-corrected chi connectivity index (χ4v) is 3.61. The Morgan fingerprint density at radius 2 is 1.73 bits per heavy atom. The second-order valence-electron chi connectivity index (χ2n) is 7.19. The van der Waals surface area contributed by atoms with E-state index >= 15 is 0 Å². The number of aliphatic hydroxyl groups is 1. The Morgan fingerprint density at radius 1 is 1.09 bits per heavy atom. The van der Waals surface area contributed by atoms with E-state index in [9.17, 15) is 9.90 Å². The number of carbonyl (C=O) groups is 1. The Balaban J connectivity index is 1.82. The molecule has 0 aromatic heterocycles. The Labute approximate surface area is 131 Å². The van der Waals surface area contributed by atoms with Gasteiger partial charge >= 0.3 is 0 Å². The first kappa shape index (κ1) is 15.7. The fraction of sp³-hybridized carbons (Fsp3) is 0.611. The Hall–Kier alpha value is -1.23. The highest BCUT2D eigenvalue weighted by Gasteiger charge is 2.58. The highest BCUT2D eigenvalue weighted by atomic mass is 16.7. The van der Waals surface area contributed by atoms with Gasteiger partial charge in [-0.2, -0.15) is 0 Å². The molecule has 1 aromatic carbocycles. The van der Waals surface area contributed by atoms with Gasteiger partial charge in [-0.05, 0) is 38.7 Å². The van der Waals surface area contributed by atoms with E-state index in [1.807, 2.05) is 44.2 Å². The van der Waals surface area contributed by atoms with E-state index < -0.39 is 16.6 Å². The van der Waals surface area contributed by atoms with Crippen LogP contribution in [0.15, 0.2) is 30.3 Å². The Morgan fingerprint density at radius 3 is 2.32 bits per heavy atom. The molecule has 4 heteroatoms. The van der Waals surface area contributed by atoms with E-state index in [4.69, 9.17) is 9.47 Å². The molecule has 2 aliphatic rings. The van der Waals surface area contributed by atoms with Crippen molar-refractivity contribution in [2.75, 3.05) is 19.8 Å². The first-order valence-electron chi connectivity index (χ1n) is 7.89. The molecule has 1 aliphatic carbocycles. The Bertz CT molecular complexity index is 541. The average molecular weight is 304 g/mol. The van der Waals surface area contributed by atoms with Crippen molar-refractivity contribution < 1.29 is 19.4 Å². The predicted octanol–water partition coefficient (Wildman–Crippen LogP) is 2.34. The predicted molar refractivity (Wildman–Crippen MR) is 82.3 cm³/mol. The van der Waals surface area contributed by atoms with Gasteiger partial charge in [-0.1, -0.05) is 30.3 Å². The fourth-order valence-electron chi connectivity index (χ4n) is 3.61. The molecule has 1 saturated heterocycles. The van der Waals surface area contributed by atoms with Gasteiger partial charge < -0.3 is 14.6 Å². The zero-order valence-corrected chi connectivity index (χ0v) is 13.3. The van der Waals surface area contributed by atoms with Crippen molar-refractivity contribution in [2.45, 2.75) is 38.9 Å². The molecule has 1 atom stereocenters. The van der Waals surface area contributed by atoms with Gasteiger partial charge in [0.05, 0.1) is 30.7 Å². The van der Waals surface area contributed by atoms with Crippen LogP contribution >= 0.6 is 0 Å². The highest BCUT2D eigenvalue weighted by molar-refractivity contribution is 5.93. The van der Waals surface area contributed by atoms with Crippen molar-refractivity contribution in [3.8, 4) is 0 Å². The standard InChI is InChI=1S/C18H24O4/c1-16(2)21-12-18(13-22-16)9-8-17(11-19,15(18)20)10-14-6-4-3-5-7-14/h3-7,19H,8-13H2,1-2H3. The number of aliphatic hydroxyl groups excluding tert-OH is 1. The van der Waals surface area contributed by atoms with Gasteiger partial charge in [-0.25, -0.2) is 0 Å². The summed E-state index contributed by atoms with van der Waals surface area (Å²) in [5, 5.41) is 9.96. The van der Waals surface area contributed by atoms with E-state index in [1.165, 1.54) is 0 Å². The van der Waals surface area contributed by atoms with Crippen LogP contribution in [0.25, 0.3) is 0 Å².